The Balaban J connectivity index is 1.61. The molecule has 152 valence electrons. The number of morpholine rings is 1. The lowest BCUT2D eigenvalue weighted by Crippen LogP contribution is -2.44. The van der Waals surface area contributed by atoms with Gasteiger partial charge in [-0.3, -0.25) is 9.69 Å². The van der Waals surface area contributed by atoms with Crippen molar-refractivity contribution in [2.45, 2.75) is 6.04 Å². The molecule has 1 N–H and O–H groups in total. The van der Waals surface area contributed by atoms with E-state index in [0.717, 1.165) is 24.4 Å². The third kappa shape index (κ3) is 5.70. The summed E-state index contributed by atoms with van der Waals surface area (Å²) < 4.78 is 16.2. The predicted octanol–water partition coefficient (Wildman–Crippen LogP) is 2.14. The Morgan fingerprint density at radius 1 is 1.21 bits per heavy atom. The summed E-state index contributed by atoms with van der Waals surface area (Å²) in [6, 6.07) is 16.8. The third-order valence-electron chi connectivity index (χ3n) is 4.85. The van der Waals surface area contributed by atoms with Crippen LogP contribution in [0.15, 0.2) is 48.5 Å². The number of nitrogens with zero attached hydrogens (tertiary/aromatic N) is 2. The zero-order chi connectivity index (χ0) is 20.5. The Bertz CT molecular complexity index is 842. The van der Waals surface area contributed by atoms with Gasteiger partial charge in [0.1, 0.15) is 17.6 Å². The normalized spacial score (nSPS) is 15.2. The summed E-state index contributed by atoms with van der Waals surface area (Å²) in [5, 5.41) is 12.1. The molecule has 0 saturated carbocycles. The van der Waals surface area contributed by atoms with Crippen molar-refractivity contribution in [3.05, 3.63) is 59.7 Å². The number of rotatable bonds is 8. The van der Waals surface area contributed by atoms with E-state index in [4.69, 9.17) is 19.5 Å². The number of carbonyl (C=O) groups is 1. The van der Waals surface area contributed by atoms with Crippen LogP contribution in [0.4, 0.5) is 0 Å². The van der Waals surface area contributed by atoms with E-state index in [1.54, 1.807) is 31.4 Å². The van der Waals surface area contributed by atoms with Crippen molar-refractivity contribution in [3.8, 4) is 17.6 Å². The van der Waals surface area contributed by atoms with E-state index in [2.05, 4.69) is 16.3 Å². The van der Waals surface area contributed by atoms with E-state index >= 15 is 0 Å². The molecule has 0 aromatic heterocycles. The molecule has 1 amide bonds. The van der Waals surface area contributed by atoms with Crippen LogP contribution in [0.25, 0.3) is 0 Å². The Morgan fingerprint density at radius 2 is 1.93 bits per heavy atom. The topological polar surface area (TPSA) is 83.8 Å². The number of hydrogen-bond acceptors (Lipinski definition) is 6. The van der Waals surface area contributed by atoms with E-state index in [1.165, 1.54) is 0 Å². The second kappa shape index (κ2) is 10.5. The van der Waals surface area contributed by atoms with E-state index in [9.17, 15) is 4.79 Å². The van der Waals surface area contributed by atoms with Crippen molar-refractivity contribution in [1.82, 2.24) is 10.2 Å². The first kappa shape index (κ1) is 20.6. The van der Waals surface area contributed by atoms with Gasteiger partial charge in [-0.15, -0.1) is 0 Å². The molecule has 1 fully saturated rings. The minimum absolute atomic E-state index is 0.0279. The predicted molar refractivity (Wildman–Crippen MR) is 108 cm³/mol. The molecule has 1 saturated heterocycles. The van der Waals surface area contributed by atoms with Crippen LogP contribution in [0, 0.1) is 11.3 Å². The Morgan fingerprint density at radius 3 is 2.62 bits per heavy atom. The number of carbonyl (C=O) groups excluding carboxylic acids is 1. The second-order valence-corrected chi connectivity index (χ2v) is 6.64. The minimum Gasteiger partial charge on any atom is -0.497 e. The van der Waals surface area contributed by atoms with Crippen LogP contribution in [0.1, 0.15) is 17.2 Å². The molecule has 2 aromatic carbocycles. The molecule has 3 rings (SSSR count). The van der Waals surface area contributed by atoms with Crippen LogP contribution in [-0.2, 0) is 9.53 Å². The molecule has 0 radical (unpaired) electrons. The van der Waals surface area contributed by atoms with Gasteiger partial charge >= 0.3 is 0 Å². The highest BCUT2D eigenvalue weighted by atomic mass is 16.5. The largest absolute Gasteiger partial charge is 0.497 e. The zero-order valence-corrected chi connectivity index (χ0v) is 16.5. The van der Waals surface area contributed by atoms with Crippen molar-refractivity contribution in [2.24, 2.45) is 0 Å². The lowest BCUT2D eigenvalue weighted by atomic mass is 10.0. The number of ether oxygens (including phenoxy) is 3. The summed E-state index contributed by atoms with van der Waals surface area (Å²) in [5.41, 5.74) is 1.51. The van der Waals surface area contributed by atoms with Gasteiger partial charge in [0.05, 0.1) is 31.9 Å². The van der Waals surface area contributed by atoms with E-state index in [1.807, 2.05) is 24.3 Å². The van der Waals surface area contributed by atoms with Gasteiger partial charge in [0.15, 0.2) is 6.61 Å². The quantitative estimate of drug-likeness (QED) is 0.737. The molecule has 7 nitrogen and oxygen atoms in total. The Kier molecular flexibility index (Phi) is 7.45. The number of nitriles is 1. The average Bonchev–Trinajstić information content (AvgIpc) is 2.79. The van der Waals surface area contributed by atoms with Crippen LogP contribution in [0.5, 0.6) is 11.5 Å². The molecule has 1 aliphatic rings. The molecule has 1 atom stereocenters. The number of methoxy groups -OCH3 is 1. The highest BCUT2D eigenvalue weighted by molar-refractivity contribution is 5.77. The van der Waals surface area contributed by atoms with Crippen LogP contribution >= 0.6 is 0 Å². The van der Waals surface area contributed by atoms with E-state index in [-0.39, 0.29) is 18.6 Å². The Hall–Kier alpha value is -3.08. The fraction of sp³-hybridized carbons (Fsp3) is 0.364. The molecule has 0 spiro atoms. The Labute approximate surface area is 170 Å². The van der Waals surface area contributed by atoms with Crippen molar-refractivity contribution in [1.29, 1.82) is 5.26 Å². The lowest BCUT2D eigenvalue weighted by Gasteiger charge is -2.35. The van der Waals surface area contributed by atoms with Crippen LogP contribution < -0.4 is 14.8 Å². The summed E-state index contributed by atoms with van der Waals surface area (Å²) >= 11 is 0. The van der Waals surface area contributed by atoms with Gasteiger partial charge in [-0.2, -0.15) is 5.26 Å². The molecular weight excluding hydrogens is 370 g/mol. The number of benzene rings is 2. The van der Waals surface area contributed by atoms with Crippen molar-refractivity contribution < 1.29 is 19.0 Å². The molecule has 29 heavy (non-hydrogen) atoms. The summed E-state index contributed by atoms with van der Waals surface area (Å²) in [4.78, 5) is 14.7. The van der Waals surface area contributed by atoms with E-state index < -0.39 is 0 Å². The first-order valence-electron chi connectivity index (χ1n) is 9.55. The number of hydrogen-bond donors (Lipinski definition) is 1. The summed E-state index contributed by atoms with van der Waals surface area (Å²) in [5.74, 6) is 0.970. The van der Waals surface area contributed by atoms with Gasteiger partial charge in [-0.1, -0.05) is 24.3 Å². The highest BCUT2D eigenvalue weighted by Crippen LogP contribution is 2.23. The number of amides is 1. The van der Waals surface area contributed by atoms with Gasteiger partial charge < -0.3 is 19.5 Å². The fourth-order valence-corrected chi connectivity index (χ4v) is 3.26. The summed E-state index contributed by atoms with van der Waals surface area (Å²) in [6.07, 6.45) is 0. The molecule has 1 aliphatic heterocycles. The maximum atomic E-state index is 12.4. The summed E-state index contributed by atoms with van der Waals surface area (Å²) in [6.45, 7) is 3.27. The SMILES string of the molecule is COc1ccc([C@H](CNC(=O)COc2ccccc2C#N)N2CCOCC2)cc1. The van der Waals surface area contributed by atoms with Crippen LogP contribution in [-0.4, -0.2) is 57.4 Å². The van der Waals surface area contributed by atoms with Crippen LogP contribution in [0.3, 0.4) is 0 Å². The first-order valence-corrected chi connectivity index (χ1v) is 9.55. The standard InChI is InChI=1S/C22H25N3O4/c1-27-19-8-6-17(7-9-19)20(25-10-12-28-13-11-25)15-24-22(26)16-29-21-5-3-2-4-18(21)14-23/h2-9,20H,10-13,15-16H2,1H3,(H,24,26)/t20-/m0/s1. The van der Waals surface area contributed by atoms with Crippen molar-refractivity contribution >= 4 is 5.91 Å². The molecule has 0 aliphatic carbocycles. The monoisotopic (exact) mass is 395 g/mol. The number of nitrogens with one attached hydrogen (secondary N) is 1. The lowest BCUT2D eigenvalue weighted by molar-refractivity contribution is -0.123. The molecule has 1 heterocycles. The molecule has 0 bridgehead atoms. The highest BCUT2D eigenvalue weighted by Gasteiger charge is 2.23. The average molecular weight is 395 g/mol. The maximum absolute atomic E-state index is 12.4. The first-order chi connectivity index (χ1) is 14.2. The van der Waals surface area contributed by atoms with Gasteiger partial charge in [0.2, 0.25) is 0 Å². The molecule has 2 aromatic rings. The van der Waals surface area contributed by atoms with Gasteiger partial charge in [-0.05, 0) is 29.8 Å². The maximum Gasteiger partial charge on any atom is 0.258 e. The number of para-hydroxylation sites is 1. The molecule has 0 unspecified atom stereocenters. The summed E-state index contributed by atoms with van der Waals surface area (Å²) in [7, 11) is 1.64. The van der Waals surface area contributed by atoms with Crippen molar-refractivity contribution in [2.75, 3.05) is 46.6 Å². The molecule has 7 heteroatoms. The smallest absolute Gasteiger partial charge is 0.258 e. The second-order valence-electron chi connectivity index (χ2n) is 6.64. The van der Waals surface area contributed by atoms with Gasteiger partial charge in [0.25, 0.3) is 5.91 Å². The minimum atomic E-state index is -0.232. The third-order valence-corrected chi connectivity index (χ3v) is 4.85. The van der Waals surface area contributed by atoms with Crippen molar-refractivity contribution in [3.63, 3.8) is 0 Å². The van der Waals surface area contributed by atoms with Gasteiger partial charge in [0, 0.05) is 19.6 Å². The van der Waals surface area contributed by atoms with Crippen LogP contribution in [0.2, 0.25) is 0 Å². The van der Waals surface area contributed by atoms with E-state index in [0.29, 0.717) is 31.1 Å². The molecular formula is C22H25N3O4. The van der Waals surface area contributed by atoms with Gasteiger partial charge in [-0.25, -0.2) is 0 Å². The fourth-order valence-electron chi connectivity index (χ4n) is 3.26. The zero-order valence-electron chi connectivity index (χ0n) is 16.5.